The second-order valence-corrected chi connectivity index (χ2v) is 7.41. The van der Waals surface area contributed by atoms with Gasteiger partial charge in [0.05, 0.1) is 0 Å². The van der Waals surface area contributed by atoms with Crippen LogP contribution < -0.4 is 15.8 Å². The number of alkyl halides is 3. The van der Waals surface area contributed by atoms with Gasteiger partial charge in [-0.25, -0.2) is 0 Å². The zero-order chi connectivity index (χ0) is 23.5. The average Bonchev–Trinajstić information content (AvgIpc) is 2.73. The lowest BCUT2D eigenvalue weighted by atomic mass is 10.1. The molecule has 0 unspecified atom stereocenters. The molecule has 0 saturated carbocycles. The minimum Gasteiger partial charge on any atom is -0.437 e. The number of rotatable bonds is 6. The fourth-order valence-electron chi connectivity index (χ4n) is 2.80. The summed E-state index contributed by atoms with van der Waals surface area (Å²) < 4.78 is 45.7. The monoisotopic (exact) mass is 462 g/mol. The van der Waals surface area contributed by atoms with Crippen LogP contribution in [-0.4, -0.2) is 28.3 Å². The molecule has 1 aromatic heterocycles. The average molecular weight is 462 g/mol. The van der Waals surface area contributed by atoms with Crippen LogP contribution in [0.4, 0.5) is 18.9 Å². The number of benzene rings is 2. The van der Waals surface area contributed by atoms with Crippen LogP contribution in [0.25, 0.3) is 0 Å². The van der Waals surface area contributed by atoms with Crippen molar-refractivity contribution in [2.75, 3.05) is 11.6 Å². The van der Waals surface area contributed by atoms with Gasteiger partial charge in [0.15, 0.2) is 5.69 Å². The Morgan fingerprint density at radius 1 is 1.09 bits per heavy atom. The van der Waals surface area contributed by atoms with E-state index in [1.54, 1.807) is 18.2 Å². The van der Waals surface area contributed by atoms with Crippen molar-refractivity contribution in [1.82, 2.24) is 10.2 Å². The number of thioether (sulfide) groups is 1. The van der Waals surface area contributed by atoms with E-state index >= 15 is 0 Å². The van der Waals surface area contributed by atoms with Crippen LogP contribution in [0.3, 0.4) is 0 Å². The molecule has 3 aromatic rings. The second kappa shape index (κ2) is 9.27. The number of ether oxygens (including phenoxy) is 1. The van der Waals surface area contributed by atoms with Crippen molar-refractivity contribution in [3.63, 3.8) is 0 Å². The Morgan fingerprint density at radius 2 is 1.78 bits per heavy atom. The third-order valence-electron chi connectivity index (χ3n) is 4.36. The lowest BCUT2D eigenvalue weighted by Gasteiger charge is -2.16. The van der Waals surface area contributed by atoms with Gasteiger partial charge >= 0.3 is 6.18 Å². The Balaban J connectivity index is 2.02. The van der Waals surface area contributed by atoms with Gasteiger partial charge in [-0.15, -0.1) is 22.0 Å². The number of aromatic nitrogens is 2. The topological polar surface area (TPSA) is 107 Å². The quantitative estimate of drug-likeness (QED) is 0.516. The summed E-state index contributed by atoms with van der Waals surface area (Å²) in [5.41, 5.74) is 3.64. The number of primary amides is 1. The first-order valence-corrected chi connectivity index (χ1v) is 10.3. The maximum Gasteiger partial charge on any atom is 0.435 e. The number of hydrogen-bond acceptors (Lipinski definition) is 6. The zero-order valence-corrected chi connectivity index (χ0v) is 17.7. The van der Waals surface area contributed by atoms with Crippen molar-refractivity contribution in [2.45, 2.75) is 18.0 Å². The molecule has 11 heteroatoms. The van der Waals surface area contributed by atoms with Gasteiger partial charge in [0.1, 0.15) is 11.3 Å². The summed E-state index contributed by atoms with van der Waals surface area (Å²) in [6.45, 7) is 1.12. The molecule has 0 atom stereocenters. The van der Waals surface area contributed by atoms with E-state index in [1.165, 1.54) is 36.0 Å². The van der Waals surface area contributed by atoms with Gasteiger partial charge in [-0.2, -0.15) is 13.2 Å². The number of halogens is 3. The molecular formula is C21H17F3N4O3S. The predicted molar refractivity (Wildman–Crippen MR) is 113 cm³/mol. The van der Waals surface area contributed by atoms with Crippen molar-refractivity contribution in [2.24, 2.45) is 5.73 Å². The first-order chi connectivity index (χ1) is 15.1. The molecule has 3 N–H and O–H groups in total. The summed E-state index contributed by atoms with van der Waals surface area (Å²) in [7, 11) is 0. The van der Waals surface area contributed by atoms with Gasteiger partial charge in [-0.3, -0.25) is 9.59 Å². The smallest absolute Gasteiger partial charge is 0.435 e. The molecule has 32 heavy (non-hydrogen) atoms. The molecule has 0 fully saturated rings. The summed E-state index contributed by atoms with van der Waals surface area (Å²) in [4.78, 5) is 25.0. The summed E-state index contributed by atoms with van der Waals surface area (Å²) in [5.74, 6) is -1.79. The SMILES string of the molecule is CSc1cccc(NC(=O)c2c(Oc3ccc(C(N)=O)cc3)nnc(C(F)(F)F)c2C)c1. The molecule has 0 saturated heterocycles. The van der Waals surface area contributed by atoms with Crippen LogP contribution in [0.2, 0.25) is 0 Å². The summed E-state index contributed by atoms with van der Waals surface area (Å²) >= 11 is 1.44. The highest BCUT2D eigenvalue weighted by molar-refractivity contribution is 7.98. The van der Waals surface area contributed by atoms with Crippen LogP contribution in [0.1, 0.15) is 32.0 Å². The van der Waals surface area contributed by atoms with E-state index in [0.29, 0.717) is 5.69 Å². The van der Waals surface area contributed by atoms with Gasteiger partial charge in [0.2, 0.25) is 5.91 Å². The van der Waals surface area contributed by atoms with E-state index < -0.39 is 40.7 Å². The molecule has 7 nitrogen and oxygen atoms in total. The predicted octanol–water partition coefficient (Wildman–Crippen LogP) is 4.67. The largest absolute Gasteiger partial charge is 0.437 e. The summed E-state index contributed by atoms with van der Waals surface area (Å²) in [6.07, 6.45) is -2.96. The molecule has 2 amide bonds. The first kappa shape index (κ1) is 23.1. The van der Waals surface area contributed by atoms with Crippen molar-refractivity contribution in [3.8, 4) is 11.6 Å². The van der Waals surface area contributed by atoms with E-state index in [-0.39, 0.29) is 11.3 Å². The number of nitrogens with one attached hydrogen (secondary N) is 1. The third kappa shape index (κ3) is 5.17. The highest BCUT2D eigenvalue weighted by Crippen LogP contribution is 2.35. The Labute approximate surface area is 185 Å². The van der Waals surface area contributed by atoms with Gasteiger partial charge in [-0.1, -0.05) is 6.07 Å². The van der Waals surface area contributed by atoms with Crippen LogP contribution in [0.15, 0.2) is 53.4 Å². The molecule has 1 heterocycles. The first-order valence-electron chi connectivity index (χ1n) is 9.07. The van der Waals surface area contributed by atoms with Crippen molar-refractivity contribution in [3.05, 3.63) is 70.9 Å². The molecule has 0 aliphatic carbocycles. The highest BCUT2D eigenvalue weighted by Gasteiger charge is 2.38. The Hall–Kier alpha value is -3.60. The molecule has 0 spiro atoms. The summed E-state index contributed by atoms with van der Waals surface area (Å²) in [5, 5.41) is 9.29. The lowest BCUT2D eigenvalue weighted by molar-refractivity contribution is -0.142. The number of carbonyl (C=O) groups excluding carboxylic acids is 2. The fourth-order valence-corrected chi connectivity index (χ4v) is 3.26. The van der Waals surface area contributed by atoms with Gasteiger partial charge in [0, 0.05) is 16.1 Å². The normalized spacial score (nSPS) is 11.2. The number of anilines is 1. The maximum absolute atomic E-state index is 13.4. The minimum atomic E-state index is -4.81. The van der Waals surface area contributed by atoms with E-state index in [0.717, 1.165) is 11.8 Å². The van der Waals surface area contributed by atoms with Crippen LogP contribution in [-0.2, 0) is 6.18 Å². The third-order valence-corrected chi connectivity index (χ3v) is 5.09. The Morgan fingerprint density at radius 3 is 2.38 bits per heavy atom. The number of nitrogens with zero attached hydrogens (tertiary/aromatic N) is 2. The Bertz CT molecular complexity index is 1170. The van der Waals surface area contributed by atoms with Gasteiger partial charge in [0.25, 0.3) is 11.8 Å². The second-order valence-electron chi connectivity index (χ2n) is 6.53. The van der Waals surface area contributed by atoms with Crippen LogP contribution >= 0.6 is 11.8 Å². The van der Waals surface area contributed by atoms with Crippen LogP contribution in [0, 0.1) is 6.92 Å². The molecule has 3 rings (SSSR count). The molecule has 0 aliphatic rings. The highest BCUT2D eigenvalue weighted by atomic mass is 32.2. The van der Waals surface area contributed by atoms with Crippen molar-refractivity contribution >= 4 is 29.3 Å². The van der Waals surface area contributed by atoms with Crippen molar-refractivity contribution < 1.29 is 27.5 Å². The van der Waals surface area contributed by atoms with Gasteiger partial charge < -0.3 is 15.8 Å². The molecule has 166 valence electrons. The number of amides is 2. The number of carbonyl (C=O) groups is 2. The molecule has 0 aliphatic heterocycles. The van der Waals surface area contributed by atoms with E-state index in [9.17, 15) is 22.8 Å². The van der Waals surface area contributed by atoms with Gasteiger partial charge in [-0.05, 0) is 61.2 Å². The number of hydrogen-bond donors (Lipinski definition) is 2. The molecule has 2 aromatic carbocycles. The number of nitrogens with two attached hydrogens (primary N) is 1. The standard InChI is InChI=1S/C21H17F3N4O3S/c1-11-16(19(30)26-13-4-3-5-15(10-13)32-2)20(28-27-17(11)21(22,23)24)31-14-8-6-12(7-9-14)18(25)29/h3-10H,1-2H3,(H2,25,29)(H,26,30). The lowest BCUT2D eigenvalue weighted by Crippen LogP contribution is -2.20. The molecular weight excluding hydrogens is 445 g/mol. The van der Waals surface area contributed by atoms with E-state index in [4.69, 9.17) is 10.5 Å². The summed E-state index contributed by atoms with van der Waals surface area (Å²) in [6, 6.07) is 12.3. The minimum absolute atomic E-state index is 0.127. The fraction of sp³-hybridized carbons (Fsp3) is 0.143. The van der Waals surface area contributed by atoms with E-state index in [2.05, 4.69) is 15.5 Å². The van der Waals surface area contributed by atoms with Crippen molar-refractivity contribution in [1.29, 1.82) is 0 Å². The van der Waals surface area contributed by atoms with E-state index in [1.807, 2.05) is 12.3 Å². The molecule has 0 radical (unpaired) electrons. The zero-order valence-electron chi connectivity index (χ0n) is 16.9. The maximum atomic E-state index is 13.4. The Kier molecular flexibility index (Phi) is 6.68. The molecule has 0 bridgehead atoms. The van der Waals surface area contributed by atoms with Crippen LogP contribution in [0.5, 0.6) is 11.6 Å².